The van der Waals surface area contributed by atoms with E-state index in [0.29, 0.717) is 45.0 Å². The van der Waals surface area contributed by atoms with Crippen molar-refractivity contribution in [3.63, 3.8) is 0 Å². The van der Waals surface area contributed by atoms with Crippen LogP contribution in [0.3, 0.4) is 0 Å². The van der Waals surface area contributed by atoms with Crippen molar-refractivity contribution in [2.45, 2.75) is 25.5 Å². The van der Waals surface area contributed by atoms with Crippen molar-refractivity contribution in [3.05, 3.63) is 47.8 Å². The van der Waals surface area contributed by atoms with Crippen LogP contribution in [-0.2, 0) is 16.6 Å². The van der Waals surface area contributed by atoms with Gasteiger partial charge in [0.05, 0.1) is 19.8 Å². The molecule has 8 nitrogen and oxygen atoms in total. The maximum absolute atomic E-state index is 13.2. The second-order valence-electron chi connectivity index (χ2n) is 7.49. The zero-order valence-corrected chi connectivity index (χ0v) is 16.8. The van der Waals surface area contributed by atoms with Crippen molar-refractivity contribution in [1.82, 2.24) is 19.6 Å². The number of aryl methyl sites for hydroxylation is 2. The highest BCUT2D eigenvalue weighted by Gasteiger charge is 2.43. The molecule has 2 saturated heterocycles. The van der Waals surface area contributed by atoms with Crippen LogP contribution in [0, 0.1) is 6.92 Å². The third-order valence-electron chi connectivity index (χ3n) is 5.51. The molecule has 29 heavy (non-hydrogen) atoms. The number of aromatic nitrogens is 2. The van der Waals surface area contributed by atoms with Gasteiger partial charge in [-0.15, -0.1) is 0 Å². The minimum atomic E-state index is -0.559. The number of hydrogen-bond acceptors (Lipinski definition) is 5. The van der Waals surface area contributed by atoms with Gasteiger partial charge in [0, 0.05) is 32.3 Å². The summed E-state index contributed by atoms with van der Waals surface area (Å²) in [5.74, 6) is 0.450. The number of likely N-dealkylation sites (tertiary alicyclic amines) is 1. The molecule has 2 fully saturated rings. The molecule has 2 amide bonds. The maximum atomic E-state index is 13.2. The van der Waals surface area contributed by atoms with Gasteiger partial charge in [0.1, 0.15) is 17.9 Å². The van der Waals surface area contributed by atoms with Crippen molar-refractivity contribution in [3.8, 4) is 5.75 Å². The van der Waals surface area contributed by atoms with E-state index >= 15 is 0 Å². The molecule has 1 aromatic carbocycles. The van der Waals surface area contributed by atoms with Crippen molar-refractivity contribution in [1.29, 1.82) is 0 Å². The van der Waals surface area contributed by atoms with Gasteiger partial charge in [-0.25, -0.2) is 0 Å². The van der Waals surface area contributed by atoms with Crippen molar-refractivity contribution in [2.75, 3.05) is 32.8 Å². The average molecular weight is 398 g/mol. The second-order valence-corrected chi connectivity index (χ2v) is 7.49. The Labute approximate surface area is 170 Å². The fraction of sp³-hybridized carbons (Fsp3) is 0.476. The summed E-state index contributed by atoms with van der Waals surface area (Å²) >= 11 is 0. The van der Waals surface area contributed by atoms with E-state index in [1.165, 1.54) is 0 Å². The molecule has 2 atom stereocenters. The van der Waals surface area contributed by atoms with Gasteiger partial charge in [0.25, 0.3) is 5.91 Å². The summed E-state index contributed by atoms with van der Waals surface area (Å²) in [5.41, 5.74) is 1.24. The predicted molar refractivity (Wildman–Crippen MR) is 106 cm³/mol. The van der Waals surface area contributed by atoms with E-state index in [2.05, 4.69) is 5.10 Å². The molecule has 154 valence electrons. The highest BCUT2D eigenvalue weighted by atomic mass is 16.5. The second kappa shape index (κ2) is 8.24. The molecule has 0 aliphatic carbocycles. The molecular formula is C21H26N4O4. The quantitative estimate of drug-likeness (QED) is 0.775. The van der Waals surface area contributed by atoms with E-state index in [0.717, 1.165) is 11.4 Å². The molecule has 2 aliphatic heterocycles. The van der Waals surface area contributed by atoms with Gasteiger partial charge in [-0.05, 0) is 25.1 Å². The van der Waals surface area contributed by atoms with Gasteiger partial charge in [-0.2, -0.15) is 5.10 Å². The number of rotatable bonds is 4. The first-order chi connectivity index (χ1) is 14.0. The summed E-state index contributed by atoms with van der Waals surface area (Å²) in [6.07, 6.45) is 0.212. The first kappa shape index (κ1) is 19.4. The number of nitrogens with zero attached hydrogens (tertiary/aromatic N) is 4. The number of carbonyl (C=O) groups is 2. The lowest BCUT2D eigenvalue weighted by Crippen LogP contribution is -2.51. The lowest BCUT2D eigenvalue weighted by Gasteiger charge is -2.32. The van der Waals surface area contributed by atoms with Crippen molar-refractivity contribution < 1.29 is 19.1 Å². The molecule has 0 spiro atoms. The van der Waals surface area contributed by atoms with Crippen LogP contribution < -0.4 is 4.74 Å². The van der Waals surface area contributed by atoms with Gasteiger partial charge in [-0.3, -0.25) is 14.3 Å². The highest BCUT2D eigenvalue weighted by molar-refractivity contribution is 5.96. The maximum Gasteiger partial charge on any atom is 0.275 e. The number of ether oxygens (including phenoxy) is 2. The van der Waals surface area contributed by atoms with E-state index in [1.54, 1.807) is 27.6 Å². The molecule has 0 radical (unpaired) electrons. The topological polar surface area (TPSA) is 76.9 Å². The third kappa shape index (κ3) is 4.12. The molecule has 0 saturated carbocycles. The first-order valence-corrected chi connectivity index (χ1v) is 9.93. The number of hydrogen-bond donors (Lipinski definition) is 0. The minimum Gasteiger partial charge on any atom is -0.488 e. The molecule has 1 aromatic heterocycles. The summed E-state index contributed by atoms with van der Waals surface area (Å²) in [6.45, 7) is 4.38. The number of benzene rings is 1. The zero-order chi connectivity index (χ0) is 20.4. The molecule has 3 heterocycles. The standard InChI is InChI=1S/C21H26N4O4/c1-15-12-18(22-23(15)2)20(26)25-14-17(29-16-6-4-3-5-7-16)13-19(25)21(27)24-8-10-28-11-9-24/h3-7,12,17,19H,8-11,13-14H2,1-2H3/t17-,19+/m0/s1. The van der Waals surface area contributed by atoms with Gasteiger partial charge in [0.2, 0.25) is 5.91 Å². The van der Waals surface area contributed by atoms with Gasteiger partial charge < -0.3 is 19.3 Å². The average Bonchev–Trinajstić information content (AvgIpc) is 3.31. The Hall–Kier alpha value is -2.87. The summed E-state index contributed by atoms with van der Waals surface area (Å²) in [4.78, 5) is 29.8. The largest absolute Gasteiger partial charge is 0.488 e. The Morgan fingerprint density at radius 2 is 1.90 bits per heavy atom. The normalized spacial score (nSPS) is 22.0. The SMILES string of the molecule is Cc1cc(C(=O)N2C[C@@H](Oc3ccccc3)C[C@@H]2C(=O)N2CCOCC2)nn1C. The summed E-state index contributed by atoms with van der Waals surface area (Å²) in [7, 11) is 1.80. The Kier molecular flexibility index (Phi) is 5.53. The van der Waals surface area contributed by atoms with E-state index in [4.69, 9.17) is 9.47 Å². The smallest absolute Gasteiger partial charge is 0.275 e. The van der Waals surface area contributed by atoms with Gasteiger partial charge in [-0.1, -0.05) is 18.2 Å². The molecular weight excluding hydrogens is 372 g/mol. The van der Waals surface area contributed by atoms with Crippen LogP contribution in [0.2, 0.25) is 0 Å². The van der Waals surface area contributed by atoms with Crippen LogP contribution >= 0.6 is 0 Å². The summed E-state index contributed by atoms with van der Waals surface area (Å²) in [5, 5.41) is 4.31. The molecule has 8 heteroatoms. The number of amides is 2. The molecule has 4 rings (SSSR count). The van der Waals surface area contributed by atoms with Crippen LogP contribution in [0.25, 0.3) is 0 Å². The van der Waals surface area contributed by atoms with Crippen LogP contribution in [0.5, 0.6) is 5.75 Å². The Bertz CT molecular complexity index is 857. The lowest BCUT2D eigenvalue weighted by molar-refractivity contribution is -0.139. The number of carbonyl (C=O) groups excluding carboxylic acids is 2. The van der Waals surface area contributed by atoms with Crippen LogP contribution in [0.1, 0.15) is 22.6 Å². The highest BCUT2D eigenvalue weighted by Crippen LogP contribution is 2.26. The summed E-state index contributed by atoms with van der Waals surface area (Å²) in [6, 6.07) is 10.7. The minimum absolute atomic E-state index is 0.0477. The van der Waals surface area contributed by atoms with Crippen LogP contribution in [-0.4, -0.2) is 76.4 Å². The molecule has 0 N–H and O–H groups in total. The first-order valence-electron chi connectivity index (χ1n) is 9.93. The summed E-state index contributed by atoms with van der Waals surface area (Å²) < 4.78 is 13.1. The van der Waals surface area contributed by atoms with E-state index in [9.17, 15) is 9.59 Å². The van der Waals surface area contributed by atoms with Gasteiger partial charge in [0.15, 0.2) is 5.69 Å². The third-order valence-corrected chi connectivity index (χ3v) is 5.51. The van der Waals surface area contributed by atoms with Crippen molar-refractivity contribution in [2.24, 2.45) is 7.05 Å². The predicted octanol–water partition coefficient (Wildman–Crippen LogP) is 1.25. The Morgan fingerprint density at radius 3 is 2.55 bits per heavy atom. The van der Waals surface area contributed by atoms with Crippen molar-refractivity contribution >= 4 is 11.8 Å². The molecule has 2 aliphatic rings. The fourth-order valence-electron chi connectivity index (χ4n) is 3.84. The van der Waals surface area contributed by atoms with E-state index in [-0.39, 0.29) is 17.9 Å². The van der Waals surface area contributed by atoms with E-state index in [1.807, 2.05) is 37.3 Å². The van der Waals surface area contributed by atoms with Crippen LogP contribution in [0.15, 0.2) is 36.4 Å². The molecule has 0 bridgehead atoms. The number of para-hydroxylation sites is 1. The number of morpholine rings is 1. The van der Waals surface area contributed by atoms with Gasteiger partial charge >= 0.3 is 0 Å². The Balaban J connectivity index is 1.56. The van der Waals surface area contributed by atoms with Crippen LogP contribution in [0.4, 0.5) is 0 Å². The lowest BCUT2D eigenvalue weighted by atomic mass is 10.1. The monoisotopic (exact) mass is 398 g/mol. The zero-order valence-electron chi connectivity index (χ0n) is 16.8. The molecule has 0 unspecified atom stereocenters. The van der Waals surface area contributed by atoms with E-state index < -0.39 is 6.04 Å². The fourth-order valence-corrected chi connectivity index (χ4v) is 3.84. The molecule has 2 aromatic rings. The Morgan fingerprint density at radius 1 is 1.17 bits per heavy atom.